The molecule has 0 aliphatic carbocycles. The van der Waals surface area contributed by atoms with E-state index in [-0.39, 0.29) is 27.6 Å². The topological polar surface area (TPSA) is 119 Å². The number of benzene rings is 2. The Kier molecular flexibility index (Phi) is 9.50. The summed E-state index contributed by atoms with van der Waals surface area (Å²) < 4.78 is 38.0. The average Bonchev–Trinajstić information content (AvgIpc) is 3.15. The molecule has 1 fully saturated rings. The summed E-state index contributed by atoms with van der Waals surface area (Å²) in [6.07, 6.45) is 3.57. The van der Waals surface area contributed by atoms with Gasteiger partial charge in [0, 0.05) is 24.0 Å². The lowest BCUT2D eigenvalue weighted by Gasteiger charge is -2.20. The van der Waals surface area contributed by atoms with E-state index >= 15 is 0 Å². The van der Waals surface area contributed by atoms with E-state index in [9.17, 15) is 22.8 Å². The molecule has 39 heavy (non-hydrogen) atoms. The van der Waals surface area contributed by atoms with Crippen LogP contribution in [0.25, 0.3) is 11.1 Å². The number of esters is 2. The number of hydrogen-bond acceptors (Lipinski definition) is 8. The lowest BCUT2D eigenvalue weighted by molar-refractivity contribution is -0.119. The van der Waals surface area contributed by atoms with Crippen molar-refractivity contribution in [1.29, 1.82) is 0 Å². The van der Waals surface area contributed by atoms with Crippen LogP contribution in [0.3, 0.4) is 0 Å². The quantitative estimate of drug-likeness (QED) is 0.362. The van der Waals surface area contributed by atoms with Crippen molar-refractivity contribution in [1.82, 2.24) is 4.31 Å². The Labute approximate surface area is 231 Å². The summed E-state index contributed by atoms with van der Waals surface area (Å²) >= 11 is 1.16. The van der Waals surface area contributed by atoms with Crippen LogP contribution in [0.2, 0.25) is 0 Å². The fourth-order valence-electron chi connectivity index (χ4n) is 4.28. The predicted octanol–water partition coefficient (Wildman–Crippen LogP) is 4.95. The number of hydrogen-bond donors (Lipinski definition) is 1. The summed E-state index contributed by atoms with van der Waals surface area (Å²) in [5.74, 6) is -2.06. The van der Waals surface area contributed by atoms with Gasteiger partial charge in [-0.1, -0.05) is 49.2 Å². The zero-order chi connectivity index (χ0) is 27.8. The number of carbonyl (C=O) groups is 3. The summed E-state index contributed by atoms with van der Waals surface area (Å²) in [5.41, 5.74) is 1.65. The monoisotopic (exact) mass is 570 g/mol. The lowest BCUT2D eigenvalue weighted by Crippen LogP contribution is -2.32. The Morgan fingerprint density at radius 2 is 1.64 bits per heavy atom. The summed E-state index contributed by atoms with van der Waals surface area (Å²) in [6.45, 7) is 2.13. The first-order valence-corrected chi connectivity index (χ1v) is 15.0. The average molecular weight is 571 g/mol. The Morgan fingerprint density at radius 1 is 0.923 bits per heavy atom. The third kappa shape index (κ3) is 6.92. The number of nitrogens with one attached hydrogen (secondary N) is 1. The van der Waals surface area contributed by atoms with Crippen molar-refractivity contribution in [3.63, 3.8) is 0 Å². The maximum absolute atomic E-state index is 13.1. The van der Waals surface area contributed by atoms with Crippen LogP contribution in [0.5, 0.6) is 0 Å². The SMILES string of the molecule is CCOC(=O)c1c(-c2ccccc2)csc1NC(=O)COC(=O)c1cccc(S(=O)(=O)N2CCCCCC2)c1. The van der Waals surface area contributed by atoms with E-state index in [0.717, 1.165) is 42.6 Å². The van der Waals surface area contributed by atoms with Crippen LogP contribution < -0.4 is 5.32 Å². The van der Waals surface area contributed by atoms with Crippen LogP contribution >= 0.6 is 11.3 Å². The molecule has 206 valence electrons. The molecule has 1 aromatic heterocycles. The molecule has 2 aromatic carbocycles. The maximum Gasteiger partial charge on any atom is 0.341 e. The summed E-state index contributed by atoms with van der Waals surface area (Å²) in [7, 11) is -3.75. The molecule has 0 saturated carbocycles. The van der Waals surface area contributed by atoms with Crippen molar-refractivity contribution < 1.29 is 32.3 Å². The molecule has 0 unspecified atom stereocenters. The molecule has 4 rings (SSSR count). The van der Waals surface area contributed by atoms with Crippen molar-refractivity contribution in [2.75, 3.05) is 31.6 Å². The number of rotatable bonds is 9. The van der Waals surface area contributed by atoms with Gasteiger partial charge in [-0.15, -0.1) is 11.3 Å². The van der Waals surface area contributed by atoms with Crippen molar-refractivity contribution in [2.24, 2.45) is 0 Å². The first kappa shape index (κ1) is 28.5. The molecule has 0 bridgehead atoms. The Morgan fingerprint density at radius 3 is 2.33 bits per heavy atom. The highest BCUT2D eigenvalue weighted by molar-refractivity contribution is 7.89. The van der Waals surface area contributed by atoms with E-state index in [4.69, 9.17) is 9.47 Å². The first-order chi connectivity index (χ1) is 18.8. The molecule has 0 radical (unpaired) electrons. The summed E-state index contributed by atoms with van der Waals surface area (Å²) in [5, 5.41) is 4.66. The van der Waals surface area contributed by atoms with E-state index in [0.29, 0.717) is 18.7 Å². The zero-order valence-corrected chi connectivity index (χ0v) is 23.2. The highest BCUT2D eigenvalue weighted by Crippen LogP contribution is 2.36. The molecular formula is C28H30N2O7S2. The number of amides is 1. The normalized spacial score (nSPS) is 14.3. The largest absolute Gasteiger partial charge is 0.462 e. The molecule has 1 saturated heterocycles. The van der Waals surface area contributed by atoms with Gasteiger partial charge in [0.1, 0.15) is 10.6 Å². The second kappa shape index (κ2) is 13.0. The smallest absolute Gasteiger partial charge is 0.341 e. The van der Waals surface area contributed by atoms with E-state index in [1.807, 2.05) is 30.3 Å². The van der Waals surface area contributed by atoms with Crippen LogP contribution in [-0.2, 0) is 24.3 Å². The Balaban J connectivity index is 1.44. The number of anilines is 1. The number of carbonyl (C=O) groups excluding carboxylic acids is 3. The van der Waals surface area contributed by atoms with E-state index in [1.54, 1.807) is 12.3 Å². The minimum atomic E-state index is -3.75. The van der Waals surface area contributed by atoms with Crippen molar-refractivity contribution in [2.45, 2.75) is 37.5 Å². The van der Waals surface area contributed by atoms with Gasteiger partial charge in [-0.3, -0.25) is 4.79 Å². The summed E-state index contributed by atoms with van der Waals surface area (Å²) in [6, 6.07) is 14.9. The van der Waals surface area contributed by atoms with Crippen molar-refractivity contribution in [3.05, 3.63) is 71.1 Å². The van der Waals surface area contributed by atoms with Gasteiger partial charge in [-0.05, 0) is 43.5 Å². The lowest BCUT2D eigenvalue weighted by atomic mass is 10.0. The maximum atomic E-state index is 13.1. The minimum Gasteiger partial charge on any atom is -0.462 e. The highest BCUT2D eigenvalue weighted by Gasteiger charge is 2.27. The van der Waals surface area contributed by atoms with Crippen molar-refractivity contribution in [3.8, 4) is 11.1 Å². The number of nitrogens with zero attached hydrogens (tertiary/aromatic N) is 1. The fourth-order valence-corrected chi connectivity index (χ4v) is 6.81. The molecule has 0 atom stereocenters. The van der Waals surface area contributed by atoms with E-state index < -0.39 is 34.5 Å². The predicted molar refractivity (Wildman–Crippen MR) is 148 cm³/mol. The van der Waals surface area contributed by atoms with Gasteiger partial charge < -0.3 is 14.8 Å². The van der Waals surface area contributed by atoms with Gasteiger partial charge >= 0.3 is 11.9 Å². The van der Waals surface area contributed by atoms with Gasteiger partial charge in [0.05, 0.1) is 17.1 Å². The standard InChI is InChI=1S/C28H30N2O7S2/c1-2-36-28(33)25-23(20-11-6-5-7-12-20)19-38-26(25)29-24(31)18-37-27(32)21-13-10-14-22(17-21)39(34,35)30-15-8-3-4-9-16-30/h5-7,10-14,17,19H,2-4,8-9,15-16,18H2,1H3,(H,29,31). The van der Waals surface area contributed by atoms with Gasteiger partial charge in [0.2, 0.25) is 10.0 Å². The van der Waals surface area contributed by atoms with Crippen LogP contribution in [0, 0.1) is 0 Å². The Bertz CT molecular complexity index is 1430. The van der Waals surface area contributed by atoms with Crippen LogP contribution in [0.15, 0.2) is 64.9 Å². The second-order valence-electron chi connectivity index (χ2n) is 8.91. The molecule has 1 aliphatic heterocycles. The van der Waals surface area contributed by atoms with Gasteiger partial charge in [0.15, 0.2) is 6.61 Å². The summed E-state index contributed by atoms with van der Waals surface area (Å²) in [4.78, 5) is 38.0. The Hall–Kier alpha value is -3.54. The molecule has 9 nitrogen and oxygen atoms in total. The van der Waals surface area contributed by atoms with Crippen LogP contribution in [0.4, 0.5) is 5.00 Å². The third-order valence-electron chi connectivity index (χ3n) is 6.22. The van der Waals surface area contributed by atoms with Crippen LogP contribution in [-0.4, -0.2) is 56.9 Å². The van der Waals surface area contributed by atoms with Gasteiger partial charge in [-0.2, -0.15) is 4.31 Å². The number of thiophene rings is 1. The van der Waals surface area contributed by atoms with Gasteiger partial charge in [0.25, 0.3) is 5.91 Å². The third-order valence-corrected chi connectivity index (χ3v) is 9.01. The van der Waals surface area contributed by atoms with Crippen LogP contribution in [0.1, 0.15) is 53.3 Å². The van der Waals surface area contributed by atoms with E-state index in [1.165, 1.54) is 28.6 Å². The molecule has 2 heterocycles. The molecule has 1 aliphatic rings. The molecule has 0 spiro atoms. The fraction of sp³-hybridized carbons (Fsp3) is 0.321. The first-order valence-electron chi connectivity index (χ1n) is 12.7. The van der Waals surface area contributed by atoms with Crippen molar-refractivity contribution >= 4 is 44.2 Å². The number of sulfonamides is 1. The molecular weight excluding hydrogens is 540 g/mol. The number of ether oxygens (including phenoxy) is 2. The van der Waals surface area contributed by atoms with E-state index in [2.05, 4.69) is 5.32 Å². The molecule has 1 N–H and O–H groups in total. The molecule has 11 heteroatoms. The molecule has 3 aromatic rings. The highest BCUT2D eigenvalue weighted by atomic mass is 32.2. The minimum absolute atomic E-state index is 0.00871. The second-order valence-corrected chi connectivity index (χ2v) is 11.7. The zero-order valence-electron chi connectivity index (χ0n) is 21.6. The molecule has 1 amide bonds. The van der Waals surface area contributed by atoms with Gasteiger partial charge in [-0.25, -0.2) is 18.0 Å².